The number of ketones is 1. The van der Waals surface area contributed by atoms with Crippen LogP contribution in [0.1, 0.15) is 99.8 Å². The first-order valence-electron chi connectivity index (χ1n) is 14.0. The first-order valence-corrected chi connectivity index (χ1v) is 14.0. The molecule has 0 aromatic carbocycles. The highest BCUT2D eigenvalue weighted by atomic mass is 16.6. The molecule has 5 aliphatic rings. The molecule has 0 amide bonds. The summed E-state index contributed by atoms with van der Waals surface area (Å²) in [7, 11) is 0. The van der Waals surface area contributed by atoms with Crippen LogP contribution in [0.3, 0.4) is 0 Å². The molecule has 5 nitrogen and oxygen atoms in total. The van der Waals surface area contributed by atoms with Gasteiger partial charge < -0.3 is 20.1 Å². The summed E-state index contributed by atoms with van der Waals surface area (Å²) in [5, 5.41) is 31.9. The van der Waals surface area contributed by atoms with Crippen molar-refractivity contribution in [2.75, 3.05) is 0 Å². The molecule has 0 aromatic rings. The minimum Gasteiger partial charge on any atom is -0.388 e. The minimum atomic E-state index is -1.26. The van der Waals surface area contributed by atoms with E-state index in [4.69, 9.17) is 4.74 Å². The Hall–Kier alpha value is -0.750. The van der Waals surface area contributed by atoms with Crippen molar-refractivity contribution in [2.45, 2.75) is 124 Å². The van der Waals surface area contributed by atoms with Gasteiger partial charge in [-0.2, -0.15) is 0 Å². The van der Waals surface area contributed by atoms with Gasteiger partial charge in [-0.25, -0.2) is 0 Å². The number of carbonyl (C=O) groups excluding carboxylic acids is 1. The number of aliphatic hydroxyl groups excluding tert-OH is 2. The summed E-state index contributed by atoms with van der Waals surface area (Å²) in [6.45, 7) is 14.9. The Balaban J connectivity index is 1.44. The molecule has 3 N–H and O–H groups in total. The Morgan fingerprint density at radius 1 is 1.09 bits per heavy atom. The minimum absolute atomic E-state index is 0.0286. The van der Waals surface area contributed by atoms with E-state index < -0.39 is 24.1 Å². The van der Waals surface area contributed by atoms with Gasteiger partial charge in [-0.05, 0) is 92.8 Å². The second-order valence-electron chi connectivity index (χ2n) is 14.6. The fourth-order valence-corrected chi connectivity index (χ4v) is 9.98. The van der Waals surface area contributed by atoms with E-state index in [1.165, 1.54) is 0 Å². The molecule has 0 radical (unpaired) electrons. The molecule has 0 bridgehead atoms. The fraction of sp³-hybridized carbons (Fsp3) is 0.900. The predicted octanol–water partition coefficient (Wildman–Crippen LogP) is 5.02. The van der Waals surface area contributed by atoms with Crippen LogP contribution < -0.4 is 0 Å². The predicted molar refractivity (Wildman–Crippen MR) is 135 cm³/mol. The highest BCUT2D eigenvalue weighted by Gasteiger charge is 2.66. The summed E-state index contributed by atoms with van der Waals surface area (Å²) in [6.07, 6.45) is 7.78. The van der Waals surface area contributed by atoms with Crippen molar-refractivity contribution in [1.82, 2.24) is 0 Å². The van der Waals surface area contributed by atoms with E-state index in [1.54, 1.807) is 19.4 Å². The van der Waals surface area contributed by atoms with Gasteiger partial charge in [0.15, 0.2) is 6.29 Å². The van der Waals surface area contributed by atoms with Crippen LogP contribution in [0.5, 0.6) is 0 Å². The van der Waals surface area contributed by atoms with Crippen LogP contribution in [0.15, 0.2) is 11.6 Å². The summed E-state index contributed by atoms with van der Waals surface area (Å²) >= 11 is 0. The number of rotatable bonds is 3. The molecule has 5 heteroatoms. The van der Waals surface area contributed by atoms with E-state index in [1.807, 2.05) is 0 Å². The quantitative estimate of drug-likeness (QED) is 0.486. The average Bonchev–Trinajstić information content (AvgIpc) is 3.26. The third-order valence-corrected chi connectivity index (χ3v) is 12.4. The number of aliphatic hydroxyl groups is 3. The molecule has 3 saturated carbocycles. The number of carbonyl (C=O) groups is 1. The second kappa shape index (κ2) is 7.88. The maximum absolute atomic E-state index is 12.8. The summed E-state index contributed by atoms with van der Waals surface area (Å²) in [4.78, 5) is 12.8. The molecule has 0 aromatic heterocycles. The lowest BCUT2D eigenvalue weighted by molar-refractivity contribution is -0.172. The second-order valence-corrected chi connectivity index (χ2v) is 14.6. The monoisotopic (exact) mass is 488 g/mol. The SMILES string of the molecule is CC(C)(O)[C@H](O)[C@H]1C[C@@H]([C@@H]2CC[C@@]3(C)C4=CC[C@@H]5C(C)(C)C(=O)CC[C@]5(C)[C@H]4CC[C@@]23C)[C@H](O)O1. The molecule has 10 atom stereocenters. The van der Waals surface area contributed by atoms with E-state index in [0.717, 1.165) is 38.5 Å². The number of allylic oxidation sites excluding steroid dienone is 2. The lowest BCUT2D eigenvalue weighted by Gasteiger charge is -2.63. The number of hydrogen-bond acceptors (Lipinski definition) is 5. The van der Waals surface area contributed by atoms with Gasteiger partial charge in [0.2, 0.25) is 0 Å². The standard InChI is InChI=1S/C30H48O5/c1-26(2)22-9-8-20-19(28(22,5)13-12-23(26)31)11-15-29(6)18(10-14-30(20,29)7)17-16-21(35-25(17)33)24(32)27(3,4)34/h8,17-19,21-22,24-25,32-34H,9-16H2,1-7H3/t17-,18-,19-,21+,22+,24+,25+,28+,29-,30-/m0/s1. The van der Waals surface area contributed by atoms with Crippen molar-refractivity contribution >= 4 is 5.78 Å². The first-order chi connectivity index (χ1) is 16.1. The van der Waals surface area contributed by atoms with Gasteiger partial charge in [0.05, 0.1) is 11.7 Å². The van der Waals surface area contributed by atoms with Gasteiger partial charge in [-0.3, -0.25) is 4.79 Å². The van der Waals surface area contributed by atoms with Gasteiger partial charge in [0, 0.05) is 17.8 Å². The van der Waals surface area contributed by atoms with Crippen LogP contribution >= 0.6 is 0 Å². The number of ether oxygens (including phenoxy) is 1. The lowest BCUT2D eigenvalue weighted by Crippen LogP contribution is -2.57. The summed E-state index contributed by atoms with van der Waals surface area (Å²) in [5.41, 5.74) is 0.409. The number of Topliss-reactive ketones (excluding diaryl/α,β-unsaturated/α-hetero) is 1. The van der Waals surface area contributed by atoms with E-state index in [0.29, 0.717) is 36.4 Å². The maximum Gasteiger partial charge on any atom is 0.158 e. The molecular formula is C30H48O5. The molecule has 1 saturated heterocycles. The Bertz CT molecular complexity index is 916. The maximum atomic E-state index is 12.8. The summed E-state index contributed by atoms with van der Waals surface area (Å²) < 4.78 is 5.86. The molecule has 0 spiro atoms. The average molecular weight is 489 g/mol. The smallest absolute Gasteiger partial charge is 0.158 e. The Kier molecular flexibility index (Phi) is 5.83. The van der Waals surface area contributed by atoms with E-state index >= 15 is 0 Å². The molecule has 35 heavy (non-hydrogen) atoms. The van der Waals surface area contributed by atoms with Crippen LogP contribution in [0.2, 0.25) is 0 Å². The van der Waals surface area contributed by atoms with Crippen LogP contribution in [-0.2, 0) is 9.53 Å². The van der Waals surface area contributed by atoms with Gasteiger partial charge >= 0.3 is 0 Å². The molecule has 0 unspecified atom stereocenters. The molecule has 4 aliphatic carbocycles. The van der Waals surface area contributed by atoms with Crippen LogP contribution in [-0.4, -0.2) is 45.2 Å². The molecule has 1 aliphatic heterocycles. The van der Waals surface area contributed by atoms with Crippen LogP contribution in [0.25, 0.3) is 0 Å². The largest absolute Gasteiger partial charge is 0.388 e. The topological polar surface area (TPSA) is 87.0 Å². The Morgan fingerprint density at radius 2 is 1.77 bits per heavy atom. The molecular weight excluding hydrogens is 440 g/mol. The lowest BCUT2D eigenvalue weighted by atomic mass is 9.41. The number of hydrogen-bond donors (Lipinski definition) is 3. The van der Waals surface area contributed by atoms with Gasteiger partial charge in [0.25, 0.3) is 0 Å². The molecule has 5 rings (SSSR count). The fourth-order valence-electron chi connectivity index (χ4n) is 9.98. The van der Waals surface area contributed by atoms with E-state index in [-0.39, 0.29) is 27.6 Å². The van der Waals surface area contributed by atoms with Gasteiger partial charge in [-0.15, -0.1) is 0 Å². The first kappa shape index (κ1) is 25.9. The Morgan fingerprint density at radius 3 is 2.43 bits per heavy atom. The number of fused-ring (bicyclic) bond motifs is 5. The molecule has 198 valence electrons. The third-order valence-electron chi connectivity index (χ3n) is 12.4. The van der Waals surface area contributed by atoms with E-state index in [2.05, 4.69) is 40.7 Å². The highest BCUT2D eigenvalue weighted by molar-refractivity contribution is 5.85. The Labute approximate surface area is 211 Å². The summed E-state index contributed by atoms with van der Waals surface area (Å²) in [5.74, 6) is 1.66. The van der Waals surface area contributed by atoms with E-state index in [9.17, 15) is 20.1 Å². The van der Waals surface area contributed by atoms with Crippen molar-refractivity contribution in [3.05, 3.63) is 11.6 Å². The highest BCUT2D eigenvalue weighted by Crippen LogP contribution is 2.73. The zero-order valence-corrected chi connectivity index (χ0v) is 22.9. The van der Waals surface area contributed by atoms with Crippen LogP contribution in [0.4, 0.5) is 0 Å². The van der Waals surface area contributed by atoms with Crippen molar-refractivity contribution in [3.8, 4) is 0 Å². The summed E-state index contributed by atoms with van der Waals surface area (Å²) in [6, 6.07) is 0. The van der Waals surface area contributed by atoms with Crippen molar-refractivity contribution < 1.29 is 24.9 Å². The van der Waals surface area contributed by atoms with Crippen molar-refractivity contribution in [1.29, 1.82) is 0 Å². The normalized spacial score (nSPS) is 50.2. The van der Waals surface area contributed by atoms with Crippen molar-refractivity contribution in [3.63, 3.8) is 0 Å². The molecule has 1 heterocycles. The molecule has 4 fully saturated rings. The zero-order chi connectivity index (χ0) is 25.8. The van der Waals surface area contributed by atoms with Crippen LogP contribution in [0, 0.1) is 45.3 Å². The van der Waals surface area contributed by atoms with Gasteiger partial charge in [-0.1, -0.05) is 46.3 Å². The van der Waals surface area contributed by atoms with Gasteiger partial charge in [0.1, 0.15) is 11.9 Å². The zero-order valence-electron chi connectivity index (χ0n) is 22.9. The third kappa shape index (κ3) is 3.43. The van der Waals surface area contributed by atoms with Crippen molar-refractivity contribution in [2.24, 2.45) is 45.3 Å².